The smallest absolute Gasteiger partial charge is 0.383 e. The second kappa shape index (κ2) is 14.4. The van der Waals surface area contributed by atoms with Crippen molar-refractivity contribution >= 4 is 49.4 Å². The molecule has 0 aromatic carbocycles. The van der Waals surface area contributed by atoms with Gasteiger partial charge in [-0.1, -0.05) is 12.2 Å². The third kappa shape index (κ3) is 8.88. The summed E-state index contributed by atoms with van der Waals surface area (Å²) in [5.74, 6) is 0.212. The Morgan fingerprint density at radius 1 is 0.977 bits per heavy atom. The summed E-state index contributed by atoms with van der Waals surface area (Å²) in [6, 6.07) is 0. The van der Waals surface area contributed by atoms with Crippen molar-refractivity contribution in [2.24, 2.45) is 11.5 Å². The van der Waals surface area contributed by atoms with Crippen LogP contribution >= 0.6 is 25.8 Å². The number of thiol groups is 1. The fourth-order valence-corrected chi connectivity index (χ4v) is 4.98. The Morgan fingerprint density at radius 2 is 1.52 bits per heavy atom. The van der Waals surface area contributed by atoms with Gasteiger partial charge in [0.25, 0.3) is 11.8 Å². The van der Waals surface area contributed by atoms with Crippen LogP contribution in [0.3, 0.4) is 0 Å². The first-order valence-electron chi connectivity index (χ1n) is 11.8. The standard InChI is InChI=1S/C11H14N3O7PS.C8H13N4O7PS/c1-2-5-7(10(12)17)13-4-14(5)11-9(16)8(15)6(21-11)3-20-22(18,19)23;9-6(15)7-10-2-12(11-7)8-5(14)4(13)3(19-8)1-18-20(16,17)21/h1,4,6,8-9,11,15-16H,3H2,(H2,12,17)(H2,18,19,23);2-5,8,13-14H,1H2,(H2,9,15)(H2,16,17,21)/t6-,8+,9?,11-;3-,4+,5?,8-/m11/s1. The summed E-state index contributed by atoms with van der Waals surface area (Å²) in [6.45, 7) is -8.90. The molecule has 0 saturated carbocycles. The predicted molar refractivity (Wildman–Crippen MR) is 149 cm³/mol. The number of rotatable bonds is 10. The van der Waals surface area contributed by atoms with Gasteiger partial charge in [0.15, 0.2) is 18.1 Å². The average molecular weight is 704 g/mol. The monoisotopic (exact) mass is 703 g/mol. The maximum Gasteiger partial charge on any atom is 0.383 e. The number of primary amides is 2. The summed E-state index contributed by atoms with van der Waals surface area (Å²) in [6.07, 6.45) is -2.58. The quantitative estimate of drug-likeness (QED) is 0.0638. The van der Waals surface area contributed by atoms with Gasteiger partial charge in [-0.3, -0.25) is 18.7 Å². The molecule has 2 aromatic heterocycles. The lowest BCUT2D eigenvalue weighted by Crippen LogP contribution is -2.33. The number of amides is 2. The molecule has 25 heteroatoms. The van der Waals surface area contributed by atoms with Crippen molar-refractivity contribution in [3.63, 3.8) is 0 Å². The van der Waals surface area contributed by atoms with Gasteiger partial charge in [0.2, 0.25) is 5.82 Å². The molecular weight excluding hydrogens is 676 g/mol. The highest BCUT2D eigenvalue weighted by Crippen LogP contribution is 2.47. The van der Waals surface area contributed by atoms with E-state index in [1.807, 2.05) is 0 Å². The van der Waals surface area contributed by atoms with Crippen molar-refractivity contribution in [1.29, 1.82) is 0 Å². The molecule has 0 radical (unpaired) electrons. The number of nitrogens with zero attached hydrogens (tertiary/aromatic N) is 5. The lowest BCUT2D eigenvalue weighted by Gasteiger charge is -2.17. The molecule has 0 aliphatic carbocycles. The van der Waals surface area contributed by atoms with Gasteiger partial charge in [-0.15, -0.1) is 11.5 Å². The van der Waals surface area contributed by atoms with E-state index in [4.69, 9.17) is 42.0 Å². The van der Waals surface area contributed by atoms with E-state index in [1.165, 1.54) is 4.57 Å². The molecule has 4 heterocycles. The van der Waals surface area contributed by atoms with Crippen molar-refractivity contribution in [2.45, 2.75) is 49.1 Å². The molecule has 11 N–H and O–H groups in total. The fraction of sp³-hybridized carbons (Fsp3) is 0.526. The van der Waals surface area contributed by atoms with Gasteiger partial charge in [-0.25, -0.2) is 19.2 Å². The minimum absolute atomic E-state index is 0.0234. The molecule has 0 bridgehead atoms. The molecule has 44 heavy (non-hydrogen) atoms. The molecular formula is C19H27N7O14P2S2. The molecule has 3 unspecified atom stereocenters. The minimum Gasteiger partial charge on any atom is -0.387 e. The summed E-state index contributed by atoms with van der Waals surface area (Å²) in [5, 5.41) is 43.4. The first kappa shape index (κ1) is 36.1. The van der Waals surface area contributed by atoms with Crippen molar-refractivity contribution < 1.29 is 67.8 Å². The lowest BCUT2D eigenvalue weighted by molar-refractivity contribution is -0.0559. The number of hydrogen-bond donors (Lipinski definition) is 10. The van der Waals surface area contributed by atoms with E-state index in [-0.39, 0.29) is 17.2 Å². The van der Waals surface area contributed by atoms with Crippen LogP contribution in [0, 0.1) is 12.3 Å². The van der Waals surface area contributed by atoms with Gasteiger partial charge in [0.1, 0.15) is 48.6 Å². The highest BCUT2D eigenvalue weighted by atomic mass is 32.7. The van der Waals surface area contributed by atoms with Crippen LogP contribution in [0.1, 0.15) is 39.3 Å². The zero-order valence-corrected chi connectivity index (χ0v) is 25.4. The number of carbonyl (C=O) groups excluding carboxylic acids is 2. The molecule has 9 atom stereocenters. The van der Waals surface area contributed by atoms with Crippen LogP contribution in [-0.2, 0) is 34.9 Å². The SMILES string of the molecule is C#Cc1c(C(N)=O)ncn1[C@@H]1O[C@H](COP(O)(O)=S)[C@H](O)C1O.NC(=O)c1ncn([C@@H]2O[C@H](COP(=O)(O)S)[C@H](O)C2O)n1. The number of ether oxygens (including phenoxy) is 2. The zero-order valence-electron chi connectivity index (χ0n) is 21.9. The van der Waals surface area contributed by atoms with Crippen LogP contribution in [0.4, 0.5) is 0 Å². The summed E-state index contributed by atoms with van der Waals surface area (Å²) >= 11 is 7.60. The summed E-state index contributed by atoms with van der Waals surface area (Å²) in [5.41, 5.74) is 9.93. The van der Waals surface area contributed by atoms with E-state index in [0.29, 0.717) is 0 Å². The topological polar surface area (TPSA) is 330 Å². The Bertz CT molecular complexity index is 1490. The van der Waals surface area contributed by atoms with E-state index >= 15 is 0 Å². The average Bonchev–Trinajstić information content (AvgIpc) is 3.69. The summed E-state index contributed by atoms with van der Waals surface area (Å²) in [7, 11) is 0. The van der Waals surface area contributed by atoms with Gasteiger partial charge in [0, 0.05) is 0 Å². The van der Waals surface area contributed by atoms with E-state index in [2.05, 4.69) is 54.1 Å². The largest absolute Gasteiger partial charge is 0.387 e. The number of imidazole rings is 1. The Kier molecular flexibility index (Phi) is 11.8. The Labute approximate surface area is 257 Å². The third-order valence-electron chi connectivity index (χ3n) is 5.92. The first-order chi connectivity index (χ1) is 20.3. The van der Waals surface area contributed by atoms with E-state index in [0.717, 1.165) is 17.3 Å². The first-order valence-corrected chi connectivity index (χ1v) is 17.2. The van der Waals surface area contributed by atoms with Crippen LogP contribution in [-0.4, -0.2) is 121 Å². The predicted octanol–water partition coefficient (Wildman–Crippen LogP) is -4.15. The van der Waals surface area contributed by atoms with Crippen LogP contribution in [0.5, 0.6) is 0 Å². The number of aliphatic hydroxyl groups excluding tert-OH is 4. The number of carbonyl (C=O) groups is 2. The fourth-order valence-electron chi connectivity index (χ4n) is 3.91. The van der Waals surface area contributed by atoms with Gasteiger partial charge >= 0.3 is 13.5 Å². The number of aromatic nitrogens is 5. The molecule has 2 amide bonds. The maximum absolute atomic E-state index is 11.2. The van der Waals surface area contributed by atoms with Gasteiger partial charge in [0.05, 0.1) is 19.5 Å². The van der Waals surface area contributed by atoms with Crippen LogP contribution in [0.2, 0.25) is 0 Å². The highest BCUT2D eigenvalue weighted by molar-refractivity contribution is 8.44. The summed E-state index contributed by atoms with van der Waals surface area (Å²) < 4.78 is 32.9. The van der Waals surface area contributed by atoms with Gasteiger partial charge in [-0.2, -0.15) is 0 Å². The number of hydrogen-bond acceptors (Lipinski definition) is 15. The lowest BCUT2D eigenvalue weighted by atomic mass is 10.1. The number of aliphatic hydroxyl groups is 4. The third-order valence-corrected chi connectivity index (χ3v) is 7.55. The number of nitrogens with two attached hydrogens (primary N) is 2. The van der Waals surface area contributed by atoms with Crippen LogP contribution in [0.25, 0.3) is 0 Å². The zero-order chi connectivity index (χ0) is 33.1. The van der Waals surface area contributed by atoms with Gasteiger partial charge < -0.3 is 60.6 Å². The molecule has 2 fully saturated rings. The molecule has 4 rings (SSSR count). The Morgan fingerprint density at radius 3 is 2.00 bits per heavy atom. The van der Waals surface area contributed by atoms with Gasteiger partial charge in [-0.05, 0) is 17.7 Å². The molecule has 2 aromatic rings. The molecule has 2 aliphatic rings. The molecule has 2 saturated heterocycles. The van der Waals surface area contributed by atoms with Crippen molar-refractivity contribution in [1.82, 2.24) is 24.3 Å². The molecule has 21 nitrogen and oxygen atoms in total. The second-order valence-electron chi connectivity index (χ2n) is 8.94. The number of terminal acetylenes is 1. The van der Waals surface area contributed by atoms with E-state index in [1.54, 1.807) is 0 Å². The minimum atomic E-state index is -4.04. The molecule has 0 spiro atoms. The highest BCUT2D eigenvalue weighted by Gasteiger charge is 2.46. The van der Waals surface area contributed by atoms with E-state index in [9.17, 15) is 34.6 Å². The Hall–Kier alpha value is -2.36. The van der Waals surface area contributed by atoms with Crippen LogP contribution < -0.4 is 11.5 Å². The van der Waals surface area contributed by atoms with Crippen molar-refractivity contribution in [2.75, 3.05) is 13.2 Å². The second-order valence-corrected chi connectivity index (χ2v) is 14.4. The summed E-state index contributed by atoms with van der Waals surface area (Å²) in [4.78, 5) is 56.4. The maximum atomic E-state index is 11.2. The molecule has 2 aliphatic heterocycles. The van der Waals surface area contributed by atoms with Crippen molar-refractivity contribution in [3.8, 4) is 12.3 Å². The normalized spacial score (nSPS) is 29.8. The molecule has 244 valence electrons. The Balaban J connectivity index is 0.000000241. The van der Waals surface area contributed by atoms with Crippen LogP contribution in [0.15, 0.2) is 12.7 Å². The van der Waals surface area contributed by atoms with E-state index < -0.39 is 87.6 Å². The van der Waals surface area contributed by atoms with Crippen molar-refractivity contribution in [3.05, 3.63) is 29.9 Å².